The van der Waals surface area contributed by atoms with Gasteiger partial charge < -0.3 is 4.90 Å². The topological polar surface area (TPSA) is 3.24 Å². The van der Waals surface area contributed by atoms with Crippen molar-refractivity contribution in [1.82, 2.24) is 4.90 Å². The number of hydrogen-bond acceptors (Lipinski definition) is 1. The van der Waals surface area contributed by atoms with Crippen LogP contribution < -0.4 is 0 Å². The molecule has 2 aliphatic rings. The van der Waals surface area contributed by atoms with Crippen molar-refractivity contribution in [2.45, 2.75) is 12.8 Å². The van der Waals surface area contributed by atoms with Gasteiger partial charge in [-0.25, -0.2) is 0 Å². The number of nitrogens with zero attached hydrogens (tertiary/aromatic N) is 1. The van der Waals surface area contributed by atoms with Gasteiger partial charge >= 0.3 is 0 Å². The number of likely N-dealkylation sites (N-methyl/N-ethyl adjacent to an activating group) is 1. The third-order valence-corrected chi connectivity index (χ3v) is 2.55. The minimum atomic E-state index is 1.11. The second kappa shape index (κ2) is 3.28. The van der Waals surface area contributed by atoms with E-state index in [0.29, 0.717) is 0 Å². The van der Waals surface area contributed by atoms with Crippen molar-refractivity contribution in [3.05, 3.63) is 35.5 Å². The number of hydrogen-bond donors (Lipinski definition) is 0. The third-order valence-electron chi connectivity index (χ3n) is 2.55. The van der Waals surface area contributed by atoms with Gasteiger partial charge in [-0.05, 0) is 31.0 Å². The minimum absolute atomic E-state index is 1.11. The maximum absolute atomic E-state index is 2.38. The Kier molecular flexibility index (Phi) is 2.13. The predicted molar refractivity (Wildman–Crippen MR) is 52.0 cm³/mol. The molecule has 1 aliphatic carbocycles. The van der Waals surface area contributed by atoms with Crippen LogP contribution in [-0.4, -0.2) is 25.0 Å². The molecule has 2 rings (SSSR count). The second-order valence-electron chi connectivity index (χ2n) is 3.57. The smallest absolute Gasteiger partial charge is 0.0233 e. The van der Waals surface area contributed by atoms with Gasteiger partial charge in [0, 0.05) is 13.1 Å². The SMILES string of the molecule is CN1CCC2=CCC=CC=C2C1. The summed E-state index contributed by atoms with van der Waals surface area (Å²) >= 11 is 0. The van der Waals surface area contributed by atoms with E-state index in [2.05, 4.69) is 36.3 Å². The first-order valence-corrected chi connectivity index (χ1v) is 4.60. The zero-order valence-corrected chi connectivity index (χ0v) is 7.59. The summed E-state index contributed by atoms with van der Waals surface area (Å²) < 4.78 is 0. The Hall–Kier alpha value is -0.820. The van der Waals surface area contributed by atoms with Gasteiger partial charge in [-0.3, -0.25) is 0 Å². The summed E-state index contributed by atoms with van der Waals surface area (Å²) in [6, 6.07) is 0. The highest BCUT2D eigenvalue weighted by atomic mass is 15.1. The summed E-state index contributed by atoms with van der Waals surface area (Å²) in [5, 5.41) is 0. The molecule has 0 radical (unpaired) electrons. The lowest BCUT2D eigenvalue weighted by molar-refractivity contribution is 0.348. The fraction of sp³-hybridized carbons (Fsp3) is 0.455. The zero-order valence-electron chi connectivity index (χ0n) is 7.59. The molecule has 1 heterocycles. The summed E-state index contributed by atoms with van der Waals surface area (Å²) in [5.74, 6) is 0. The molecule has 1 fully saturated rings. The van der Waals surface area contributed by atoms with Gasteiger partial charge in [-0.1, -0.05) is 24.3 Å². The fourth-order valence-electron chi connectivity index (χ4n) is 1.81. The Morgan fingerprint density at radius 2 is 2.25 bits per heavy atom. The molecular formula is C11H15N. The molecule has 0 bridgehead atoms. The first kappa shape index (κ1) is 7.81. The Morgan fingerprint density at radius 3 is 3.17 bits per heavy atom. The number of allylic oxidation sites excluding steroid dienone is 4. The highest BCUT2D eigenvalue weighted by Crippen LogP contribution is 2.23. The highest BCUT2D eigenvalue weighted by molar-refractivity contribution is 5.39. The lowest BCUT2D eigenvalue weighted by Gasteiger charge is -2.26. The molecule has 0 atom stereocenters. The molecule has 12 heavy (non-hydrogen) atoms. The van der Waals surface area contributed by atoms with Crippen LogP contribution in [0.5, 0.6) is 0 Å². The van der Waals surface area contributed by atoms with E-state index >= 15 is 0 Å². The number of piperidine rings is 1. The molecule has 1 saturated heterocycles. The van der Waals surface area contributed by atoms with Crippen LogP contribution in [0.3, 0.4) is 0 Å². The van der Waals surface area contributed by atoms with E-state index < -0.39 is 0 Å². The molecule has 0 saturated carbocycles. The summed E-state index contributed by atoms with van der Waals surface area (Å²) in [6.45, 7) is 2.33. The van der Waals surface area contributed by atoms with E-state index in [1.807, 2.05) is 0 Å². The predicted octanol–water partition coefficient (Wildman–Crippen LogP) is 2.13. The molecule has 64 valence electrons. The molecule has 1 aliphatic heterocycles. The molecule has 0 aromatic rings. The van der Waals surface area contributed by atoms with E-state index in [9.17, 15) is 0 Å². The van der Waals surface area contributed by atoms with Gasteiger partial charge in [-0.2, -0.15) is 0 Å². The van der Waals surface area contributed by atoms with Crippen molar-refractivity contribution in [3.8, 4) is 0 Å². The van der Waals surface area contributed by atoms with Crippen molar-refractivity contribution in [2.75, 3.05) is 20.1 Å². The summed E-state index contributed by atoms with van der Waals surface area (Å²) in [7, 11) is 2.19. The Morgan fingerprint density at radius 1 is 1.33 bits per heavy atom. The van der Waals surface area contributed by atoms with Crippen LogP contribution in [-0.2, 0) is 0 Å². The van der Waals surface area contributed by atoms with Crippen LogP contribution in [0, 0.1) is 0 Å². The van der Waals surface area contributed by atoms with Crippen LogP contribution in [0.25, 0.3) is 0 Å². The minimum Gasteiger partial charge on any atom is -0.302 e. The van der Waals surface area contributed by atoms with Gasteiger partial charge in [0.25, 0.3) is 0 Å². The highest BCUT2D eigenvalue weighted by Gasteiger charge is 2.14. The van der Waals surface area contributed by atoms with Crippen molar-refractivity contribution in [1.29, 1.82) is 0 Å². The first-order valence-electron chi connectivity index (χ1n) is 4.60. The van der Waals surface area contributed by atoms with Crippen LogP contribution in [0.2, 0.25) is 0 Å². The standard InChI is InChI=1S/C11H15N/c1-12-8-7-10-5-3-2-4-6-11(10)9-12/h2,4-6H,3,7-9H2,1H3. The van der Waals surface area contributed by atoms with Crippen LogP contribution in [0.1, 0.15) is 12.8 Å². The normalized spacial score (nSPS) is 24.1. The van der Waals surface area contributed by atoms with Crippen LogP contribution in [0.4, 0.5) is 0 Å². The van der Waals surface area contributed by atoms with Crippen LogP contribution >= 0.6 is 0 Å². The molecule has 1 nitrogen and oxygen atoms in total. The number of likely N-dealkylation sites (tertiary alicyclic amines) is 1. The lowest BCUT2D eigenvalue weighted by Crippen LogP contribution is -2.28. The van der Waals surface area contributed by atoms with Gasteiger partial charge in [0.05, 0.1) is 0 Å². The first-order chi connectivity index (χ1) is 5.86. The largest absolute Gasteiger partial charge is 0.302 e. The molecule has 0 N–H and O–H groups in total. The number of fused-ring (bicyclic) bond motifs is 1. The van der Waals surface area contributed by atoms with E-state index in [1.165, 1.54) is 18.5 Å². The van der Waals surface area contributed by atoms with Crippen molar-refractivity contribution in [2.24, 2.45) is 0 Å². The summed E-state index contributed by atoms with van der Waals surface area (Å²) in [5.41, 5.74) is 3.08. The Labute approximate surface area is 74.1 Å². The quantitative estimate of drug-likeness (QED) is 0.526. The van der Waals surface area contributed by atoms with E-state index in [4.69, 9.17) is 0 Å². The average molecular weight is 161 g/mol. The monoisotopic (exact) mass is 161 g/mol. The molecular weight excluding hydrogens is 146 g/mol. The molecule has 0 aromatic carbocycles. The van der Waals surface area contributed by atoms with E-state index in [-0.39, 0.29) is 0 Å². The van der Waals surface area contributed by atoms with Gasteiger partial charge in [0.2, 0.25) is 0 Å². The van der Waals surface area contributed by atoms with Crippen molar-refractivity contribution >= 4 is 0 Å². The van der Waals surface area contributed by atoms with Gasteiger partial charge in [0.15, 0.2) is 0 Å². The summed E-state index contributed by atoms with van der Waals surface area (Å²) in [4.78, 5) is 2.38. The second-order valence-corrected chi connectivity index (χ2v) is 3.57. The molecule has 0 spiro atoms. The van der Waals surface area contributed by atoms with Crippen molar-refractivity contribution < 1.29 is 0 Å². The van der Waals surface area contributed by atoms with Crippen LogP contribution in [0.15, 0.2) is 35.5 Å². The van der Waals surface area contributed by atoms with E-state index in [0.717, 1.165) is 13.0 Å². The summed E-state index contributed by atoms with van der Waals surface area (Å²) in [6.07, 6.45) is 11.4. The molecule has 1 heteroatoms. The molecule has 0 aromatic heterocycles. The number of rotatable bonds is 0. The van der Waals surface area contributed by atoms with Gasteiger partial charge in [0.1, 0.15) is 0 Å². The van der Waals surface area contributed by atoms with Crippen molar-refractivity contribution in [3.63, 3.8) is 0 Å². The third kappa shape index (κ3) is 1.51. The maximum atomic E-state index is 2.38. The fourth-order valence-corrected chi connectivity index (χ4v) is 1.81. The Bertz CT molecular complexity index is 258. The van der Waals surface area contributed by atoms with Gasteiger partial charge in [-0.15, -0.1) is 0 Å². The zero-order chi connectivity index (χ0) is 8.39. The molecule has 0 unspecified atom stereocenters. The lowest BCUT2D eigenvalue weighted by atomic mass is 9.98. The van der Waals surface area contributed by atoms with E-state index in [1.54, 1.807) is 5.57 Å². The Balaban J connectivity index is 2.23. The average Bonchev–Trinajstić information content (AvgIpc) is 2.28. The maximum Gasteiger partial charge on any atom is 0.0233 e. The molecule has 0 amide bonds.